The van der Waals surface area contributed by atoms with Crippen LogP contribution in [0.4, 0.5) is 5.69 Å². The number of anilines is 1. The maximum Gasteiger partial charge on any atom is 0.267 e. The zero-order chi connectivity index (χ0) is 21.8. The fourth-order valence-corrected chi connectivity index (χ4v) is 3.50. The molecule has 1 amide bonds. The van der Waals surface area contributed by atoms with Crippen molar-refractivity contribution in [2.24, 2.45) is 0 Å². The summed E-state index contributed by atoms with van der Waals surface area (Å²) in [5, 5.41) is 7.38. The number of hydrogen-bond acceptors (Lipinski definition) is 3. The van der Waals surface area contributed by atoms with Gasteiger partial charge in [0.2, 0.25) is 5.91 Å². The summed E-state index contributed by atoms with van der Waals surface area (Å²) >= 11 is 0. The lowest BCUT2D eigenvalue weighted by Gasteiger charge is -2.13. The Morgan fingerprint density at radius 3 is 2.42 bits per heavy atom. The van der Waals surface area contributed by atoms with E-state index in [9.17, 15) is 9.59 Å². The van der Waals surface area contributed by atoms with Gasteiger partial charge in [-0.25, -0.2) is 4.68 Å². The third-order valence-corrected chi connectivity index (χ3v) is 5.11. The van der Waals surface area contributed by atoms with E-state index in [1.165, 1.54) is 10.7 Å². The van der Waals surface area contributed by atoms with E-state index in [4.69, 9.17) is 0 Å². The Kier molecular flexibility index (Phi) is 5.76. The Labute approximate surface area is 181 Å². The first-order valence-electron chi connectivity index (χ1n) is 10.1. The smallest absolute Gasteiger partial charge is 0.267 e. The maximum atomic E-state index is 12.8. The van der Waals surface area contributed by atoms with Gasteiger partial charge in [0.15, 0.2) is 0 Å². The van der Waals surface area contributed by atoms with Gasteiger partial charge in [0, 0.05) is 22.9 Å². The van der Waals surface area contributed by atoms with Crippen molar-refractivity contribution in [1.29, 1.82) is 0 Å². The van der Waals surface area contributed by atoms with Crippen molar-refractivity contribution >= 4 is 11.6 Å². The predicted molar refractivity (Wildman–Crippen MR) is 124 cm³/mol. The molecule has 1 N–H and O–H groups in total. The summed E-state index contributed by atoms with van der Waals surface area (Å²) in [4.78, 5) is 25.1. The monoisotopic (exact) mass is 409 g/mol. The third kappa shape index (κ3) is 4.61. The Balaban J connectivity index is 1.59. The lowest BCUT2D eigenvalue weighted by atomic mass is 10.0. The van der Waals surface area contributed by atoms with E-state index < -0.39 is 0 Å². The van der Waals surface area contributed by atoms with E-state index in [-0.39, 0.29) is 18.0 Å². The lowest BCUT2D eigenvalue weighted by molar-refractivity contribution is -0.117. The summed E-state index contributed by atoms with van der Waals surface area (Å²) in [6.07, 6.45) is 0. The largest absolute Gasteiger partial charge is 0.324 e. The maximum absolute atomic E-state index is 12.8. The highest BCUT2D eigenvalue weighted by molar-refractivity contribution is 5.95. The summed E-state index contributed by atoms with van der Waals surface area (Å²) in [5.74, 6) is -0.309. The zero-order valence-corrected chi connectivity index (χ0v) is 17.5. The molecule has 154 valence electrons. The molecule has 3 aromatic carbocycles. The number of amides is 1. The molecule has 4 aromatic rings. The van der Waals surface area contributed by atoms with Crippen LogP contribution in [0.3, 0.4) is 0 Å². The average molecular weight is 409 g/mol. The SMILES string of the molecule is Cc1ccc(C)c(-c2ccc(=O)n(CC(=O)Nc3ccccc3-c3ccccc3)n2)c1. The first-order valence-corrected chi connectivity index (χ1v) is 10.1. The van der Waals surface area contributed by atoms with Gasteiger partial charge in [-0.2, -0.15) is 5.10 Å². The minimum absolute atomic E-state index is 0.166. The van der Waals surface area contributed by atoms with Crippen LogP contribution in [0.1, 0.15) is 11.1 Å². The molecule has 0 bridgehead atoms. The van der Waals surface area contributed by atoms with Crippen LogP contribution in [-0.4, -0.2) is 15.7 Å². The molecule has 0 unspecified atom stereocenters. The number of aromatic nitrogens is 2. The molecule has 1 aromatic heterocycles. The molecule has 0 saturated carbocycles. The second-order valence-corrected chi connectivity index (χ2v) is 7.49. The number of para-hydroxylation sites is 1. The number of nitrogens with zero attached hydrogens (tertiary/aromatic N) is 2. The number of carbonyl (C=O) groups is 1. The van der Waals surface area contributed by atoms with Gasteiger partial charge in [0.25, 0.3) is 5.56 Å². The van der Waals surface area contributed by atoms with E-state index in [0.29, 0.717) is 11.4 Å². The normalized spacial score (nSPS) is 10.6. The van der Waals surface area contributed by atoms with E-state index in [0.717, 1.165) is 27.8 Å². The topological polar surface area (TPSA) is 64.0 Å². The van der Waals surface area contributed by atoms with Gasteiger partial charge in [-0.15, -0.1) is 0 Å². The number of hydrogen-bond donors (Lipinski definition) is 1. The second kappa shape index (κ2) is 8.79. The van der Waals surface area contributed by atoms with Crippen molar-refractivity contribution in [3.8, 4) is 22.4 Å². The summed E-state index contributed by atoms with van der Waals surface area (Å²) in [6.45, 7) is 3.84. The Morgan fingerprint density at radius 1 is 0.871 bits per heavy atom. The zero-order valence-electron chi connectivity index (χ0n) is 17.5. The van der Waals surface area contributed by atoms with Gasteiger partial charge in [-0.1, -0.05) is 66.2 Å². The molecule has 5 heteroatoms. The van der Waals surface area contributed by atoms with E-state index in [2.05, 4.69) is 10.4 Å². The molecule has 31 heavy (non-hydrogen) atoms. The summed E-state index contributed by atoms with van der Waals surface area (Å²) in [6, 6.07) is 26.7. The number of benzene rings is 3. The molecule has 0 radical (unpaired) electrons. The van der Waals surface area contributed by atoms with Crippen molar-refractivity contribution < 1.29 is 4.79 Å². The average Bonchev–Trinajstić information content (AvgIpc) is 2.78. The van der Waals surface area contributed by atoms with Crippen LogP contribution in [-0.2, 0) is 11.3 Å². The summed E-state index contributed by atoms with van der Waals surface area (Å²) in [5.41, 5.74) is 6.08. The van der Waals surface area contributed by atoms with E-state index >= 15 is 0 Å². The number of nitrogens with one attached hydrogen (secondary N) is 1. The van der Waals surface area contributed by atoms with Crippen molar-refractivity contribution in [1.82, 2.24) is 9.78 Å². The number of carbonyl (C=O) groups excluding carboxylic acids is 1. The number of rotatable bonds is 5. The third-order valence-electron chi connectivity index (χ3n) is 5.11. The predicted octanol–water partition coefficient (Wildman–Crippen LogP) is 4.83. The first-order chi connectivity index (χ1) is 15.0. The van der Waals surface area contributed by atoms with Gasteiger partial charge >= 0.3 is 0 Å². The molecule has 0 atom stereocenters. The molecule has 5 nitrogen and oxygen atoms in total. The van der Waals surface area contributed by atoms with Crippen LogP contribution < -0.4 is 10.9 Å². The van der Waals surface area contributed by atoms with Gasteiger partial charge < -0.3 is 5.32 Å². The Bertz CT molecular complexity index is 1290. The number of aryl methyl sites for hydroxylation is 2. The van der Waals surface area contributed by atoms with Crippen molar-refractivity contribution in [2.45, 2.75) is 20.4 Å². The van der Waals surface area contributed by atoms with Crippen LogP contribution >= 0.6 is 0 Å². The lowest BCUT2D eigenvalue weighted by Crippen LogP contribution is -2.29. The van der Waals surface area contributed by atoms with Crippen LogP contribution in [0.15, 0.2) is 89.7 Å². The van der Waals surface area contributed by atoms with Crippen LogP contribution in [0.2, 0.25) is 0 Å². The van der Waals surface area contributed by atoms with E-state index in [1.54, 1.807) is 6.07 Å². The van der Waals surface area contributed by atoms with E-state index in [1.807, 2.05) is 86.6 Å². The second-order valence-electron chi connectivity index (χ2n) is 7.49. The molecule has 1 heterocycles. The molecular formula is C26H23N3O2. The first kappa shape index (κ1) is 20.3. The molecule has 0 saturated heterocycles. The summed E-state index contributed by atoms with van der Waals surface area (Å²) < 4.78 is 1.21. The van der Waals surface area contributed by atoms with Crippen molar-refractivity contribution in [3.05, 3.63) is 106 Å². The molecule has 0 fully saturated rings. The fraction of sp³-hybridized carbons (Fsp3) is 0.115. The molecule has 0 aliphatic heterocycles. The fourth-order valence-electron chi connectivity index (χ4n) is 3.50. The highest BCUT2D eigenvalue weighted by Crippen LogP contribution is 2.27. The highest BCUT2D eigenvalue weighted by Gasteiger charge is 2.12. The molecule has 0 aliphatic rings. The minimum atomic E-state index is -0.319. The van der Waals surface area contributed by atoms with Gasteiger partial charge in [0.1, 0.15) is 6.54 Å². The van der Waals surface area contributed by atoms with Crippen LogP contribution in [0.5, 0.6) is 0 Å². The molecule has 0 aliphatic carbocycles. The molecule has 0 spiro atoms. The molecule has 4 rings (SSSR count). The standard InChI is InChI=1S/C26H23N3O2/c1-18-12-13-19(2)22(16-18)24-14-15-26(31)29(28-24)17-25(30)27-23-11-7-6-10-21(23)20-8-4-3-5-9-20/h3-16H,17H2,1-2H3,(H,27,30). The van der Waals surface area contributed by atoms with Crippen LogP contribution in [0, 0.1) is 13.8 Å². The highest BCUT2D eigenvalue weighted by atomic mass is 16.2. The Morgan fingerprint density at radius 2 is 1.61 bits per heavy atom. The molecular weight excluding hydrogens is 386 g/mol. The quantitative estimate of drug-likeness (QED) is 0.513. The van der Waals surface area contributed by atoms with Gasteiger partial charge in [-0.05, 0) is 43.2 Å². The van der Waals surface area contributed by atoms with Crippen LogP contribution in [0.25, 0.3) is 22.4 Å². The summed E-state index contributed by atoms with van der Waals surface area (Å²) in [7, 11) is 0. The minimum Gasteiger partial charge on any atom is -0.324 e. The Hall–Kier alpha value is -3.99. The van der Waals surface area contributed by atoms with Gasteiger partial charge in [-0.3, -0.25) is 9.59 Å². The van der Waals surface area contributed by atoms with Crippen molar-refractivity contribution in [2.75, 3.05) is 5.32 Å². The van der Waals surface area contributed by atoms with Crippen molar-refractivity contribution in [3.63, 3.8) is 0 Å². The van der Waals surface area contributed by atoms with Gasteiger partial charge in [0.05, 0.1) is 5.69 Å².